The minimum atomic E-state index is -0.551. The van der Waals surface area contributed by atoms with Crippen LogP contribution in [0, 0.1) is 12.8 Å². The minimum Gasteiger partial charge on any atom is -0.391 e. The highest BCUT2D eigenvalue weighted by Crippen LogP contribution is 2.25. The van der Waals surface area contributed by atoms with E-state index in [1.165, 1.54) is 5.56 Å². The van der Waals surface area contributed by atoms with E-state index in [4.69, 9.17) is 5.73 Å². The highest BCUT2D eigenvalue weighted by Gasteiger charge is 2.32. The van der Waals surface area contributed by atoms with Crippen molar-refractivity contribution in [3.63, 3.8) is 0 Å². The number of carbonyl (C=O) groups excluding carboxylic acids is 1. The Morgan fingerprint density at radius 2 is 2.05 bits per heavy atom. The van der Waals surface area contributed by atoms with Crippen LogP contribution in [-0.2, 0) is 11.3 Å². The first-order valence-corrected chi connectivity index (χ1v) is 7.22. The number of aliphatic hydroxyl groups excluding tert-OH is 1. The van der Waals surface area contributed by atoms with Crippen molar-refractivity contribution in [1.82, 2.24) is 4.90 Å². The van der Waals surface area contributed by atoms with E-state index in [-0.39, 0.29) is 30.3 Å². The molecule has 0 aromatic heterocycles. The summed E-state index contributed by atoms with van der Waals surface area (Å²) in [6.07, 6.45) is 1.42. The molecule has 1 aromatic carbocycles. The van der Waals surface area contributed by atoms with E-state index >= 15 is 0 Å². The molecule has 118 valence electrons. The summed E-state index contributed by atoms with van der Waals surface area (Å²) in [4.78, 5) is 14.2. The van der Waals surface area contributed by atoms with Crippen molar-refractivity contribution in [2.45, 2.75) is 44.9 Å². The number of hydrogen-bond donors (Lipinski definition) is 2. The van der Waals surface area contributed by atoms with Crippen LogP contribution in [0.5, 0.6) is 0 Å². The Morgan fingerprint density at radius 3 is 2.67 bits per heavy atom. The van der Waals surface area contributed by atoms with Crippen molar-refractivity contribution in [3.8, 4) is 0 Å². The van der Waals surface area contributed by atoms with Crippen molar-refractivity contribution < 1.29 is 9.90 Å². The van der Waals surface area contributed by atoms with Crippen LogP contribution in [0.25, 0.3) is 0 Å². The maximum absolute atomic E-state index is 12.4. The Kier molecular flexibility index (Phi) is 6.65. The normalized spacial score (nSPS) is 25.0. The van der Waals surface area contributed by atoms with Gasteiger partial charge in [-0.1, -0.05) is 24.3 Å². The van der Waals surface area contributed by atoms with Gasteiger partial charge < -0.3 is 15.7 Å². The Bertz CT molecular complexity index is 481. The molecule has 4 nitrogen and oxygen atoms in total. The van der Waals surface area contributed by atoms with Crippen LogP contribution < -0.4 is 5.73 Å². The fourth-order valence-electron chi connectivity index (χ4n) is 2.83. The predicted molar refractivity (Wildman–Crippen MR) is 86.2 cm³/mol. The summed E-state index contributed by atoms with van der Waals surface area (Å²) in [5.41, 5.74) is 8.14. The number of hydrogen-bond acceptors (Lipinski definition) is 3. The van der Waals surface area contributed by atoms with Gasteiger partial charge in [-0.05, 0) is 37.3 Å². The molecule has 1 amide bonds. The molecule has 0 saturated heterocycles. The van der Waals surface area contributed by atoms with Gasteiger partial charge in [0.2, 0.25) is 5.91 Å². The number of carbonyl (C=O) groups is 1. The van der Waals surface area contributed by atoms with Gasteiger partial charge in [0.05, 0.1) is 6.10 Å². The van der Waals surface area contributed by atoms with Gasteiger partial charge in [0.15, 0.2) is 0 Å². The maximum Gasteiger partial charge on any atom is 0.225 e. The fraction of sp³-hybridized carbons (Fsp3) is 0.562. The second-order valence-electron chi connectivity index (χ2n) is 5.86. The first kappa shape index (κ1) is 18.0. The molecule has 2 rings (SSSR count). The zero-order chi connectivity index (χ0) is 14.7. The van der Waals surface area contributed by atoms with E-state index < -0.39 is 6.10 Å². The lowest BCUT2D eigenvalue weighted by Crippen LogP contribution is -2.44. The van der Waals surface area contributed by atoms with Gasteiger partial charge in [0.25, 0.3) is 0 Å². The summed E-state index contributed by atoms with van der Waals surface area (Å²) < 4.78 is 0. The maximum atomic E-state index is 12.4. The zero-order valence-electron chi connectivity index (χ0n) is 12.7. The van der Waals surface area contributed by atoms with Crippen molar-refractivity contribution in [3.05, 3.63) is 35.4 Å². The third-order valence-electron chi connectivity index (χ3n) is 4.26. The highest BCUT2D eigenvalue weighted by molar-refractivity contribution is 5.85. The van der Waals surface area contributed by atoms with Gasteiger partial charge >= 0.3 is 0 Å². The molecule has 3 N–H and O–H groups in total. The number of amides is 1. The monoisotopic (exact) mass is 312 g/mol. The molecule has 0 radical (unpaired) electrons. The molecular weight excluding hydrogens is 288 g/mol. The molecule has 21 heavy (non-hydrogen) atoms. The lowest BCUT2D eigenvalue weighted by Gasteiger charge is -2.32. The standard InChI is InChI=1S/C16H24N2O2.ClH/c1-11-5-3-4-6-13(11)10-18(2)16(20)12-7-8-14(17)15(19)9-12;/h3-6,12,14-15,19H,7-10,17H2,1-2H3;1H/t12-,14-,15-;/m0./s1. The largest absolute Gasteiger partial charge is 0.391 e. The van der Waals surface area contributed by atoms with E-state index in [0.717, 1.165) is 18.4 Å². The van der Waals surface area contributed by atoms with Gasteiger partial charge in [-0.15, -0.1) is 12.4 Å². The van der Waals surface area contributed by atoms with Crippen LogP contribution in [-0.4, -0.2) is 35.1 Å². The third-order valence-corrected chi connectivity index (χ3v) is 4.26. The average molecular weight is 313 g/mol. The average Bonchev–Trinajstić information content (AvgIpc) is 2.43. The Labute approximate surface area is 132 Å². The summed E-state index contributed by atoms with van der Waals surface area (Å²) in [6, 6.07) is 7.91. The number of nitrogens with two attached hydrogens (primary N) is 1. The van der Waals surface area contributed by atoms with Crippen molar-refractivity contribution in [1.29, 1.82) is 0 Å². The first-order chi connectivity index (χ1) is 9.49. The molecule has 1 aliphatic carbocycles. The Balaban J connectivity index is 0.00000220. The molecule has 1 fully saturated rings. The molecule has 0 unspecified atom stereocenters. The molecule has 0 heterocycles. The van der Waals surface area contributed by atoms with E-state index in [0.29, 0.717) is 13.0 Å². The zero-order valence-corrected chi connectivity index (χ0v) is 13.5. The fourth-order valence-corrected chi connectivity index (χ4v) is 2.83. The quantitative estimate of drug-likeness (QED) is 0.895. The highest BCUT2D eigenvalue weighted by atomic mass is 35.5. The van der Waals surface area contributed by atoms with Gasteiger partial charge in [-0.2, -0.15) is 0 Å². The summed E-state index contributed by atoms with van der Waals surface area (Å²) >= 11 is 0. The Hall–Kier alpha value is -1.10. The number of rotatable bonds is 3. The molecule has 3 atom stereocenters. The number of halogens is 1. The lowest BCUT2D eigenvalue weighted by atomic mass is 9.83. The smallest absolute Gasteiger partial charge is 0.225 e. The first-order valence-electron chi connectivity index (χ1n) is 7.22. The van der Waals surface area contributed by atoms with E-state index in [1.54, 1.807) is 4.90 Å². The van der Waals surface area contributed by atoms with Gasteiger partial charge in [0.1, 0.15) is 0 Å². The SMILES string of the molecule is Cc1ccccc1CN(C)C(=O)[C@H]1CC[C@H](N)[C@@H](O)C1.Cl. The van der Waals surface area contributed by atoms with Crippen molar-refractivity contribution >= 4 is 18.3 Å². The number of aliphatic hydroxyl groups is 1. The number of benzene rings is 1. The number of aryl methyl sites for hydroxylation is 1. The van der Waals surface area contributed by atoms with Crippen LogP contribution in [0.4, 0.5) is 0 Å². The molecule has 5 heteroatoms. The van der Waals surface area contributed by atoms with E-state index in [2.05, 4.69) is 13.0 Å². The van der Waals surface area contributed by atoms with Gasteiger partial charge in [-0.3, -0.25) is 4.79 Å². The predicted octanol–water partition coefficient (Wildman–Crippen LogP) is 1.86. The molecule has 1 aliphatic rings. The molecule has 0 bridgehead atoms. The summed E-state index contributed by atoms with van der Waals surface area (Å²) in [7, 11) is 1.83. The lowest BCUT2D eigenvalue weighted by molar-refractivity contribution is -0.137. The summed E-state index contributed by atoms with van der Waals surface area (Å²) in [6.45, 7) is 2.67. The molecule has 1 saturated carbocycles. The van der Waals surface area contributed by atoms with Crippen molar-refractivity contribution in [2.75, 3.05) is 7.05 Å². The minimum absolute atomic E-state index is 0. The second-order valence-corrected chi connectivity index (χ2v) is 5.86. The molecular formula is C16H25ClN2O2. The third kappa shape index (κ3) is 4.43. The van der Waals surface area contributed by atoms with Gasteiger partial charge in [-0.25, -0.2) is 0 Å². The molecule has 0 spiro atoms. The second kappa shape index (κ2) is 7.78. The number of nitrogens with zero attached hydrogens (tertiary/aromatic N) is 1. The van der Waals surface area contributed by atoms with Crippen LogP contribution in [0.2, 0.25) is 0 Å². The van der Waals surface area contributed by atoms with Crippen molar-refractivity contribution in [2.24, 2.45) is 11.7 Å². The topological polar surface area (TPSA) is 66.6 Å². The van der Waals surface area contributed by atoms with Crippen LogP contribution in [0.3, 0.4) is 0 Å². The summed E-state index contributed by atoms with van der Waals surface area (Å²) in [5, 5.41) is 9.82. The molecule has 1 aromatic rings. The van der Waals surface area contributed by atoms with E-state index in [9.17, 15) is 9.90 Å². The summed E-state index contributed by atoms with van der Waals surface area (Å²) in [5.74, 6) is 0.0121. The van der Waals surface area contributed by atoms with Crippen LogP contribution >= 0.6 is 12.4 Å². The van der Waals surface area contributed by atoms with E-state index in [1.807, 2.05) is 25.2 Å². The van der Waals surface area contributed by atoms with Gasteiger partial charge in [0, 0.05) is 25.6 Å². The molecule has 0 aliphatic heterocycles. The van der Waals surface area contributed by atoms with Crippen LogP contribution in [0.1, 0.15) is 30.4 Å². The Morgan fingerprint density at radius 1 is 1.38 bits per heavy atom. The van der Waals surface area contributed by atoms with Crippen LogP contribution in [0.15, 0.2) is 24.3 Å².